The highest BCUT2D eigenvalue weighted by Crippen LogP contribution is 2.24. The average molecular weight is 395 g/mol. The maximum Gasteiger partial charge on any atom is 0.246 e. The maximum absolute atomic E-state index is 12.0. The van der Waals surface area contributed by atoms with Gasteiger partial charge in [-0.2, -0.15) is 20.2 Å². The first kappa shape index (κ1) is 18.9. The Kier molecular flexibility index (Phi) is 5.41. The Morgan fingerprint density at radius 1 is 1.41 bits per heavy atom. The van der Waals surface area contributed by atoms with E-state index in [0.717, 1.165) is 43.4 Å². The molecular weight excluding hydrogens is 370 g/mol. The summed E-state index contributed by atoms with van der Waals surface area (Å²) in [6.45, 7) is 7.91. The minimum absolute atomic E-state index is 0.0425. The van der Waals surface area contributed by atoms with Gasteiger partial charge >= 0.3 is 0 Å². The Morgan fingerprint density at radius 3 is 3.14 bits per heavy atom. The SMILES string of the molecule is C=CC(=O)N1CCCC(Nc2nc(Nc3cnn(CCC)c3)nc3[nH]ncc23)C1. The van der Waals surface area contributed by atoms with Crippen LogP contribution in [0.15, 0.2) is 31.2 Å². The molecule has 0 aromatic carbocycles. The molecule has 4 rings (SSSR count). The third-order valence-corrected chi connectivity index (χ3v) is 4.90. The quantitative estimate of drug-likeness (QED) is 0.526. The number of nitrogens with one attached hydrogen (secondary N) is 3. The summed E-state index contributed by atoms with van der Waals surface area (Å²) in [6, 6.07) is 0.0980. The van der Waals surface area contributed by atoms with Gasteiger partial charge in [-0.25, -0.2) is 0 Å². The molecule has 1 amide bonds. The van der Waals surface area contributed by atoms with Crippen LogP contribution in [-0.4, -0.2) is 59.9 Å². The molecule has 0 bridgehead atoms. The number of likely N-dealkylation sites (tertiary alicyclic amines) is 1. The van der Waals surface area contributed by atoms with Crippen LogP contribution in [0, 0.1) is 0 Å². The lowest BCUT2D eigenvalue weighted by Gasteiger charge is -2.32. The van der Waals surface area contributed by atoms with Gasteiger partial charge in [0.1, 0.15) is 5.82 Å². The van der Waals surface area contributed by atoms with Crippen LogP contribution in [0.25, 0.3) is 11.0 Å². The summed E-state index contributed by atoms with van der Waals surface area (Å²) in [5, 5.41) is 18.8. The zero-order valence-electron chi connectivity index (χ0n) is 16.4. The number of amides is 1. The number of anilines is 3. The predicted molar refractivity (Wildman–Crippen MR) is 111 cm³/mol. The van der Waals surface area contributed by atoms with Gasteiger partial charge in [0.25, 0.3) is 0 Å². The van der Waals surface area contributed by atoms with Gasteiger partial charge in [-0.3, -0.25) is 14.6 Å². The van der Waals surface area contributed by atoms with E-state index in [1.807, 2.05) is 15.8 Å². The van der Waals surface area contributed by atoms with Crippen LogP contribution in [0.1, 0.15) is 26.2 Å². The van der Waals surface area contributed by atoms with E-state index < -0.39 is 0 Å². The minimum atomic E-state index is -0.0425. The zero-order chi connectivity index (χ0) is 20.2. The first-order chi connectivity index (χ1) is 14.2. The Balaban J connectivity index is 1.54. The number of aromatic amines is 1. The number of carbonyl (C=O) groups is 1. The second-order valence-corrected chi connectivity index (χ2v) is 7.12. The van der Waals surface area contributed by atoms with Gasteiger partial charge in [-0.1, -0.05) is 13.5 Å². The van der Waals surface area contributed by atoms with Crippen molar-refractivity contribution in [3.63, 3.8) is 0 Å². The second kappa shape index (κ2) is 8.29. The normalized spacial score (nSPS) is 16.7. The Morgan fingerprint density at radius 2 is 2.31 bits per heavy atom. The third-order valence-electron chi connectivity index (χ3n) is 4.90. The molecule has 3 aromatic rings. The third kappa shape index (κ3) is 4.20. The molecule has 0 aliphatic carbocycles. The van der Waals surface area contributed by atoms with Crippen molar-refractivity contribution in [2.24, 2.45) is 0 Å². The molecule has 1 unspecified atom stereocenters. The number of fused-ring (bicyclic) bond motifs is 1. The summed E-state index contributed by atoms with van der Waals surface area (Å²) in [7, 11) is 0. The summed E-state index contributed by atoms with van der Waals surface area (Å²) >= 11 is 0. The molecule has 0 saturated carbocycles. The van der Waals surface area contributed by atoms with Gasteiger partial charge in [0.2, 0.25) is 11.9 Å². The number of piperidine rings is 1. The summed E-state index contributed by atoms with van der Waals surface area (Å²) in [4.78, 5) is 22.9. The first-order valence-corrected chi connectivity index (χ1v) is 9.84. The fourth-order valence-corrected chi connectivity index (χ4v) is 3.53. The molecule has 1 aliphatic heterocycles. The van der Waals surface area contributed by atoms with Gasteiger partial charge < -0.3 is 15.5 Å². The van der Waals surface area contributed by atoms with Crippen molar-refractivity contribution in [2.45, 2.75) is 38.8 Å². The van der Waals surface area contributed by atoms with Crippen LogP contribution >= 0.6 is 0 Å². The van der Waals surface area contributed by atoms with Crippen LogP contribution < -0.4 is 10.6 Å². The smallest absolute Gasteiger partial charge is 0.246 e. The molecule has 10 nitrogen and oxygen atoms in total. The molecular formula is C19H25N9O. The molecule has 1 fully saturated rings. The molecule has 4 heterocycles. The van der Waals surface area contributed by atoms with Crippen molar-refractivity contribution in [2.75, 3.05) is 23.7 Å². The van der Waals surface area contributed by atoms with Crippen LogP contribution in [0.3, 0.4) is 0 Å². The monoisotopic (exact) mass is 395 g/mol. The predicted octanol–water partition coefficient (Wildman–Crippen LogP) is 2.29. The molecule has 1 aliphatic rings. The van der Waals surface area contributed by atoms with Crippen LogP contribution in [-0.2, 0) is 11.3 Å². The lowest BCUT2D eigenvalue weighted by atomic mass is 10.1. The van der Waals surface area contributed by atoms with Gasteiger partial charge in [-0.05, 0) is 25.3 Å². The number of hydrogen-bond acceptors (Lipinski definition) is 7. The molecule has 0 spiro atoms. The molecule has 0 radical (unpaired) electrons. The number of carbonyl (C=O) groups excluding carboxylic acids is 1. The summed E-state index contributed by atoms with van der Waals surface area (Å²) in [5.41, 5.74) is 1.46. The van der Waals surface area contributed by atoms with E-state index >= 15 is 0 Å². The Bertz CT molecular complexity index is 1010. The Hall–Kier alpha value is -3.43. The van der Waals surface area contributed by atoms with E-state index in [-0.39, 0.29) is 11.9 Å². The second-order valence-electron chi connectivity index (χ2n) is 7.12. The molecule has 29 heavy (non-hydrogen) atoms. The molecule has 1 atom stereocenters. The zero-order valence-corrected chi connectivity index (χ0v) is 16.4. The molecule has 10 heteroatoms. The molecule has 3 aromatic heterocycles. The minimum Gasteiger partial charge on any atom is -0.365 e. The van der Waals surface area contributed by atoms with Gasteiger partial charge in [0.15, 0.2) is 5.65 Å². The summed E-state index contributed by atoms with van der Waals surface area (Å²) in [6.07, 6.45) is 9.65. The van der Waals surface area contributed by atoms with E-state index in [9.17, 15) is 4.79 Å². The summed E-state index contributed by atoms with van der Waals surface area (Å²) in [5.74, 6) is 1.10. The highest BCUT2D eigenvalue weighted by Gasteiger charge is 2.23. The van der Waals surface area contributed by atoms with E-state index in [0.29, 0.717) is 24.0 Å². The number of rotatable bonds is 7. The van der Waals surface area contributed by atoms with Crippen LogP contribution in [0.5, 0.6) is 0 Å². The molecule has 1 saturated heterocycles. The highest BCUT2D eigenvalue weighted by molar-refractivity contribution is 5.88. The lowest BCUT2D eigenvalue weighted by molar-refractivity contribution is -0.127. The molecule has 3 N–H and O–H groups in total. The lowest BCUT2D eigenvalue weighted by Crippen LogP contribution is -2.44. The van der Waals surface area contributed by atoms with Crippen LogP contribution in [0.4, 0.5) is 17.5 Å². The largest absolute Gasteiger partial charge is 0.365 e. The number of H-pyrrole nitrogens is 1. The topological polar surface area (TPSA) is 117 Å². The van der Waals surface area contributed by atoms with Crippen LogP contribution in [0.2, 0.25) is 0 Å². The van der Waals surface area contributed by atoms with Gasteiger partial charge in [0.05, 0.1) is 23.5 Å². The van der Waals surface area contributed by atoms with Crippen molar-refractivity contribution >= 4 is 34.4 Å². The van der Waals surface area contributed by atoms with Crippen molar-refractivity contribution < 1.29 is 4.79 Å². The van der Waals surface area contributed by atoms with Crippen molar-refractivity contribution in [3.8, 4) is 0 Å². The van der Waals surface area contributed by atoms with Gasteiger partial charge in [0, 0.05) is 31.9 Å². The van der Waals surface area contributed by atoms with E-state index in [4.69, 9.17) is 0 Å². The number of hydrogen-bond donors (Lipinski definition) is 3. The highest BCUT2D eigenvalue weighted by atomic mass is 16.2. The standard InChI is InChI=1S/C19H25N9O/c1-3-7-28-12-14(9-21-28)23-19-24-17(15-10-20-26-18(15)25-19)22-13-6-5-8-27(11-13)16(29)4-2/h4,9-10,12-13H,2-3,5-8,11H2,1H3,(H3,20,22,23,24,25,26). The van der Waals surface area contributed by atoms with Crippen molar-refractivity contribution in [3.05, 3.63) is 31.2 Å². The number of aromatic nitrogens is 6. The first-order valence-electron chi connectivity index (χ1n) is 9.84. The number of aryl methyl sites for hydroxylation is 1. The fraction of sp³-hybridized carbons (Fsp3) is 0.421. The van der Waals surface area contributed by atoms with Crippen molar-refractivity contribution in [1.82, 2.24) is 34.8 Å². The number of nitrogens with zero attached hydrogens (tertiary/aromatic N) is 6. The Labute approximate surface area is 168 Å². The maximum atomic E-state index is 12.0. The fourth-order valence-electron chi connectivity index (χ4n) is 3.53. The van der Waals surface area contributed by atoms with Crippen molar-refractivity contribution in [1.29, 1.82) is 0 Å². The average Bonchev–Trinajstić information content (AvgIpc) is 3.37. The molecule has 152 valence electrons. The van der Waals surface area contributed by atoms with E-state index in [1.165, 1.54) is 6.08 Å². The van der Waals surface area contributed by atoms with E-state index in [2.05, 4.69) is 49.4 Å². The van der Waals surface area contributed by atoms with Gasteiger partial charge in [-0.15, -0.1) is 0 Å². The summed E-state index contributed by atoms with van der Waals surface area (Å²) < 4.78 is 1.88. The van der Waals surface area contributed by atoms with E-state index in [1.54, 1.807) is 12.4 Å².